The molecular formula is C23H21N3O3S2. The third kappa shape index (κ3) is 4.81. The molecule has 1 N–H and O–H groups in total. The summed E-state index contributed by atoms with van der Waals surface area (Å²) in [5.74, 6) is 2.10. The summed E-state index contributed by atoms with van der Waals surface area (Å²) in [6, 6.07) is 15.2. The minimum Gasteiger partial charge on any atom is -0.497 e. The second-order valence-electron chi connectivity index (χ2n) is 6.81. The average molecular weight is 452 g/mol. The fourth-order valence-electron chi connectivity index (χ4n) is 3.03. The lowest BCUT2D eigenvalue weighted by Crippen LogP contribution is -2.12. The summed E-state index contributed by atoms with van der Waals surface area (Å²) in [5.41, 5.74) is 4.32. The number of nitrogens with one attached hydrogen (secondary N) is 1. The van der Waals surface area contributed by atoms with E-state index in [1.165, 1.54) is 11.3 Å². The molecule has 6 nitrogen and oxygen atoms in total. The zero-order valence-corrected chi connectivity index (χ0v) is 19.0. The van der Waals surface area contributed by atoms with Gasteiger partial charge in [-0.2, -0.15) is 0 Å². The predicted octanol–water partition coefficient (Wildman–Crippen LogP) is 5.97. The van der Waals surface area contributed by atoms with Crippen LogP contribution in [0.5, 0.6) is 5.75 Å². The molecule has 0 aliphatic rings. The van der Waals surface area contributed by atoms with Gasteiger partial charge in [0.25, 0.3) is 5.91 Å². The molecule has 0 radical (unpaired) electrons. The molecular weight excluding hydrogens is 430 g/mol. The second-order valence-corrected chi connectivity index (χ2v) is 8.68. The number of hydrogen-bond acceptors (Lipinski definition) is 7. The number of thiazole rings is 1. The topological polar surface area (TPSA) is 77.2 Å². The van der Waals surface area contributed by atoms with Gasteiger partial charge in [-0.1, -0.05) is 17.3 Å². The number of aryl methyl sites for hydroxylation is 2. The lowest BCUT2D eigenvalue weighted by Gasteiger charge is -2.08. The van der Waals surface area contributed by atoms with Gasteiger partial charge in [0.15, 0.2) is 5.13 Å². The van der Waals surface area contributed by atoms with Crippen LogP contribution in [0.4, 0.5) is 5.13 Å². The molecule has 4 rings (SSSR count). The molecule has 0 aliphatic carbocycles. The molecule has 2 aromatic heterocycles. The van der Waals surface area contributed by atoms with Crippen LogP contribution < -0.4 is 10.1 Å². The van der Waals surface area contributed by atoms with Crippen molar-refractivity contribution in [2.45, 2.75) is 24.5 Å². The fourth-order valence-corrected chi connectivity index (χ4v) is 4.95. The molecule has 2 heterocycles. The molecule has 0 fully saturated rings. The monoisotopic (exact) mass is 451 g/mol. The highest BCUT2D eigenvalue weighted by atomic mass is 32.2. The fraction of sp³-hybridized carbons (Fsp3) is 0.174. The Bertz CT molecular complexity index is 1180. The first-order valence-corrected chi connectivity index (χ1v) is 11.5. The minimum absolute atomic E-state index is 0.183. The van der Waals surface area contributed by atoms with Crippen molar-refractivity contribution >= 4 is 34.1 Å². The Kier molecular flexibility index (Phi) is 6.39. The Morgan fingerprint density at radius 3 is 2.65 bits per heavy atom. The van der Waals surface area contributed by atoms with Crippen molar-refractivity contribution < 1.29 is 14.1 Å². The van der Waals surface area contributed by atoms with Gasteiger partial charge in [0.05, 0.1) is 24.1 Å². The van der Waals surface area contributed by atoms with Crippen LogP contribution in [0.25, 0.3) is 11.3 Å². The third-order valence-electron chi connectivity index (χ3n) is 4.80. The lowest BCUT2D eigenvalue weighted by atomic mass is 10.2. The van der Waals surface area contributed by atoms with E-state index in [1.807, 2.05) is 67.8 Å². The number of carbonyl (C=O) groups excluding carboxylic acids is 1. The normalized spacial score (nSPS) is 10.8. The van der Waals surface area contributed by atoms with Gasteiger partial charge in [-0.3, -0.25) is 10.1 Å². The number of benzene rings is 2. The molecule has 0 atom stereocenters. The van der Waals surface area contributed by atoms with Crippen LogP contribution >= 0.6 is 23.1 Å². The number of aromatic nitrogens is 2. The van der Waals surface area contributed by atoms with Gasteiger partial charge in [-0.25, -0.2) is 4.98 Å². The summed E-state index contributed by atoms with van der Waals surface area (Å²) >= 11 is 2.98. The highest BCUT2D eigenvalue weighted by Crippen LogP contribution is 2.30. The van der Waals surface area contributed by atoms with Gasteiger partial charge in [0, 0.05) is 27.2 Å². The molecule has 0 saturated heterocycles. The van der Waals surface area contributed by atoms with Crippen molar-refractivity contribution in [3.63, 3.8) is 0 Å². The average Bonchev–Trinajstić information content (AvgIpc) is 3.39. The highest BCUT2D eigenvalue weighted by Gasteiger charge is 2.16. The Hall–Kier alpha value is -3.10. The Morgan fingerprint density at radius 1 is 1.16 bits per heavy atom. The number of nitrogens with zero attached hydrogens (tertiary/aromatic N) is 2. The Morgan fingerprint density at radius 2 is 1.94 bits per heavy atom. The summed E-state index contributed by atoms with van der Waals surface area (Å²) in [6.45, 7) is 3.82. The predicted molar refractivity (Wildman–Crippen MR) is 124 cm³/mol. The number of amides is 1. The van der Waals surface area contributed by atoms with Gasteiger partial charge in [0.2, 0.25) is 0 Å². The summed E-state index contributed by atoms with van der Waals surface area (Å²) in [4.78, 5) is 18.4. The van der Waals surface area contributed by atoms with Crippen LogP contribution in [0.15, 0.2) is 63.3 Å². The Balaban J connectivity index is 1.47. The molecule has 158 valence electrons. The maximum Gasteiger partial charge on any atom is 0.258 e. The molecule has 0 spiro atoms. The number of ether oxygens (including phenoxy) is 1. The van der Waals surface area contributed by atoms with Crippen molar-refractivity contribution in [2.75, 3.05) is 12.4 Å². The van der Waals surface area contributed by atoms with Crippen molar-refractivity contribution in [2.24, 2.45) is 0 Å². The molecule has 0 bridgehead atoms. The standard InChI is InChI=1S/C23H21N3O3S2/c1-14-19(15(2)29-26-14)12-30-21-7-5-4-6-18(21)22(27)25-23-24-20(13-31-23)16-8-10-17(28-3)11-9-16/h4-11,13H,12H2,1-3H3,(H,24,25,27). The van der Waals surface area contributed by atoms with Gasteiger partial charge in [-0.15, -0.1) is 23.1 Å². The smallest absolute Gasteiger partial charge is 0.258 e. The molecule has 0 unspecified atom stereocenters. The molecule has 8 heteroatoms. The van der Waals surface area contributed by atoms with Crippen LogP contribution in [0.2, 0.25) is 0 Å². The molecule has 0 saturated carbocycles. The van der Waals surface area contributed by atoms with E-state index in [-0.39, 0.29) is 5.91 Å². The van der Waals surface area contributed by atoms with Crippen LogP contribution in [-0.2, 0) is 5.75 Å². The number of hydrogen-bond donors (Lipinski definition) is 1. The highest BCUT2D eigenvalue weighted by molar-refractivity contribution is 7.98. The molecule has 31 heavy (non-hydrogen) atoms. The van der Waals surface area contributed by atoms with Crippen molar-refractivity contribution in [1.29, 1.82) is 0 Å². The molecule has 1 amide bonds. The van der Waals surface area contributed by atoms with E-state index in [0.29, 0.717) is 16.4 Å². The van der Waals surface area contributed by atoms with E-state index in [4.69, 9.17) is 9.26 Å². The maximum absolute atomic E-state index is 13.0. The first kappa shape index (κ1) is 21.1. The third-order valence-corrected chi connectivity index (χ3v) is 6.65. The van der Waals surface area contributed by atoms with Gasteiger partial charge < -0.3 is 9.26 Å². The lowest BCUT2D eigenvalue weighted by molar-refractivity contribution is 0.102. The SMILES string of the molecule is COc1ccc(-c2csc(NC(=O)c3ccccc3SCc3c(C)noc3C)n2)cc1. The first-order chi connectivity index (χ1) is 15.0. The zero-order valence-electron chi connectivity index (χ0n) is 17.3. The Labute approximate surface area is 188 Å². The van der Waals surface area contributed by atoms with E-state index in [0.717, 1.165) is 38.9 Å². The zero-order chi connectivity index (χ0) is 21.8. The first-order valence-electron chi connectivity index (χ1n) is 9.60. The van der Waals surface area contributed by atoms with Crippen LogP contribution in [0.1, 0.15) is 27.4 Å². The molecule has 4 aromatic rings. The van der Waals surface area contributed by atoms with E-state index in [9.17, 15) is 4.79 Å². The van der Waals surface area contributed by atoms with Gasteiger partial charge in [0.1, 0.15) is 11.5 Å². The van der Waals surface area contributed by atoms with Crippen molar-refractivity contribution in [3.8, 4) is 17.0 Å². The maximum atomic E-state index is 13.0. The number of methoxy groups -OCH3 is 1. The summed E-state index contributed by atoms with van der Waals surface area (Å²) in [7, 11) is 1.63. The van der Waals surface area contributed by atoms with Gasteiger partial charge >= 0.3 is 0 Å². The van der Waals surface area contributed by atoms with E-state index < -0.39 is 0 Å². The number of anilines is 1. The van der Waals surface area contributed by atoms with Gasteiger partial charge in [-0.05, 0) is 50.2 Å². The largest absolute Gasteiger partial charge is 0.497 e. The van der Waals surface area contributed by atoms with E-state index >= 15 is 0 Å². The second kappa shape index (κ2) is 9.36. The van der Waals surface area contributed by atoms with Crippen LogP contribution in [0.3, 0.4) is 0 Å². The summed E-state index contributed by atoms with van der Waals surface area (Å²) in [5, 5.41) is 9.41. The van der Waals surface area contributed by atoms with Crippen molar-refractivity contribution in [3.05, 3.63) is 76.5 Å². The quantitative estimate of drug-likeness (QED) is 0.349. The molecule has 2 aromatic carbocycles. The number of carbonyl (C=O) groups is 1. The van der Waals surface area contributed by atoms with Crippen LogP contribution in [-0.4, -0.2) is 23.2 Å². The van der Waals surface area contributed by atoms with Crippen LogP contribution in [0, 0.1) is 13.8 Å². The van der Waals surface area contributed by atoms with E-state index in [1.54, 1.807) is 18.9 Å². The molecule has 0 aliphatic heterocycles. The number of thioether (sulfide) groups is 1. The number of rotatable bonds is 7. The minimum atomic E-state index is -0.183. The summed E-state index contributed by atoms with van der Waals surface area (Å²) < 4.78 is 10.4. The van der Waals surface area contributed by atoms with E-state index in [2.05, 4.69) is 15.5 Å². The van der Waals surface area contributed by atoms with Crippen molar-refractivity contribution in [1.82, 2.24) is 10.1 Å². The summed E-state index contributed by atoms with van der Waals surface area (Å²) in [6.07, 6.45) is 0.